The predicted octanol–water partition coefficient (Wildman–Crippen LogP) is 1.93. The monoisotopic (exact) mass is 239 g/mol. The van der Waals surface area contributed by atoms with Gasteiger partial charge in [0.15, 0.2) is 0 Å². The van der Waals surface area contributed by atoms with E-state index < -0.39 is 0 Å². The van der Waals surface area contributed by atoms with Gasteiger partial charge in [0.25, 0.3) is 0 Å². The number of likely N-dealkylation sites (tertiary alicyclic amines) is 1. The largest absolute Gasteiger partial charge is 0.331 e. The fourth-order valence-electron chi connectivity index (χ4n) is 3.33. The first-order valence-corrected chi connectivity index (χ1v) is 6.32. The zero-order valence-corrected chi connectivity index (χ0v) is 10.8. The zero-order chi connectivity index (χ0) is 12.6. The molecule has 2 fully saturated rings. The Morgan fingerprint density at radius 3 is 2.24 bits per heavy atom. The minimum absolute atomic E-state index is 0.0839. The number of nitroso groups, excluding NO2 is 1. The molecule has 0 bridgehead atoms. The molecule has 96 valence electrons. The third-order valence-electron chi connectivity index (χ3n) is 4.37. The molecule has 1 saturated carbocycles. The van der Waals surface area contributed by atoms with E-state index >= 15 is 0 Å². The van der Waals surface area contributed by atoms with E-state index in [1.165, 1.54) is 0 Å². The Balaban J connectivity index is 2.00. The highest BCUT2D eigenvalue weighted by atomic mass is 16.3. The summed E-state index contributed by atoms with van der Waals surface area (Å²) in [5.74, 6) is 0.938. The highest BCUT2D eigenvalue weighted by Crippen LogP contribution is 2.47. The average molecular weight is 239 g/mol. The summed E-state index contributed by atoms with van der Waals surface area (Å²) in [6.45, 7) is 3.61. The Hall–Kier alpha value is -1.13. The first-order chi connectivity index (χ1) is 8.01. The van der Waals surface area contributed by atoms with E-state index in [9.17, 15) is 9.70 Å². The molecule has 1 saturated heterocycles. The highest BCUT2D eigenvalue weighted by Gasteiger charge is 2.50. The number of nitrogens with zero attached hydrogens (tertiary/aromatic N) is 3. The second-order valence-corrected chi connectivity index (χ2v) is 5.68. The summed E-state index contributed by atoms with van der Waals surface area (Å²) in [5.41, 5.74) is -0.345. The van der Waals surface area contributed by atoms with Gasteiger partial charge in [-0.1, -0.05) is 12.1 Å². The van der Waals surface area contributed by atoms with Crippen LogP contribution in [0.25, 0.3) is 0 Å². The standard InChI is InChI=1S/C12H21N3O2/c1-4-12(13-17)5-9-7-15(8-10(9)6-12)11(16)14(2)3/h9-10H,4-8H2,1-3H3/t9-,10+,12?. The van der Waals surface area contributed by atoms with Crippen LogP contribution in [0.3, 0.4) is 0 Å². The minimum atomic E-state index is -0.345. The number of urea groups is 1. The summed E-state index contributed by atoms with van der Waals surface area (Å²) >= 11 is 0. The quantitative estimate of drug-likeness (QED) is 0.691. The molecule has 2 aliphatic rings. The third kappa shape index (κ3) is 2.03. The van der Waals surface area contributed by atoms with E-state index in [2.05, 4.69) is 5.18 Å². The molecule has 0 aromatic carbocycles. The summed E-state index contributed by atoms with van der Waals surface area (Å²) in [6.07, 6.45) is 2.54. The Labute approximate surface area is 102 Å². The highest BCUT2D eigenvalue weighted by molar-refractivity contribution is 5.74. The molecule has 0 radical (unpaired) electrons. The molecule has 0 N–H and O–H groups in total. The molecule has 5 nitrogen and oxygen atoms in total. The van der Waals surface area contributed by atoms with Crippen molar-refractivity contribution in [2.24, 2.45) is 17.0 Å². The maximum Gasteiger partial charge on any atom is 0.319 e. The third-order valence-corrected chi connectivity index (χ3v) is 4.37. The molecule has 1 aliphatic carbocycles. The average Bonchev–Trinajstić information content (AvgIpc) is 2.83. The normalized spacial score (nSPS) is 35.8. The summed E-state index contributed by atoms with van der Waals surface area (Å²) < 4.78 is 0. The SMILES string of the molecule is CCC1(N=O)C[C@H]2CN(C(=O)N(C)C)C[C@H]2C1. The number of carbonyl (C=O) groups excluding carboxylic acids is 1. The van der Waals surface area contributed by atoms with Crippen LogP contribution >= 0.6 is 0 Å². The van der Waals surface area contributed by atoms with Crippen molar-refractivity contribution in [3.05, 3.63) is 4.91 Å². The maximum atomic E-state index is 11.8. The number of fused-ring (bicyclic) bond motifs is 1. The molecule has 0 spiro atoms. The lowest BCUT2D eigenvalue weighted by atomic mass is 9.93. The maximum absolute atomic E-state index is 11.8. The van der Waals surface area contributed by atoms with Crippen LogP contribution in [-0.4, -0.2) is 48.6 Å². The van der Waals surface area contributed by atoms with Crippen LogP contribution in [0, 0.1) is 16.7 Å². The molecule has 1 heterocycles. The summed E-state index contributed by atoms with van der Waals surface area (Å²) in [6, 6.07) is 0.0839. The topological polar surface area (TPSA) is 53.0 Å². The lowest BCUT2D eigenvalue weighted by Gasteiger charge is -2.25. The van der Waals surface area contributed by atoms with Crippen molar-refractivity contribution in [3.63, 3.8) is 0 Å². The molecule has 2 rings (SSSR count). The van der Waals surface area contributed by atoms with E-state index in [-0.39, 0.29) is 11.6 Å². The van der Waals surface area contributed by atoms with Crippen LogP contribution in [0.2, 0.25) is 0 Å². The molecule has 5 heteroatoms. The van der Waals surface area contributed by atoms with Gasteiger partial charge in [-0.2, -0.15) is 4.91 Å². The van der Waals surface area contributed by atoms with Crippen LogP contribution in [0.1, 0.15) is 26.2 Å². The van der Waals surface area contributed by atoms with Gasteiger partial charge in [-0.3, -0.25) is 0 Å². The second kappa shape index (κ2) is 4.27. The second-order valence-electron chi connectivity index (χ2n) is 5.68. The van der Waals surface area contributed by atoms with Gasteiger partial charge in [0, 0.05) is 27.2 Å². The van der Waals surface area contributed by atoms with Crippen LogP contribution in [0.4, 0.5) is 4.79 Å². The Kier molecular flexibility index (Phi) is 3.10. The smallest absolute Gasteiger partial charge is 0.319 e. The van der Waals surface area contributed by atoms with E-state index in [0.717, 1.165) is 32.4 Å². The lowest BCUT2D eigenvalue weighted by Crippen LogP contribution is -2.39. The molecule has 1 aliphatic heterocycles. The van der Waals surface area contributed by atoms with Crippen molar-refractivity contribution in [1.82, 2.24) is 9.80 Å². The summed E-state index contributed by atoms with van der Waals surface area (Å²) in [4.78, 5) is 26.3. The van der Waals surface area contributed by atoms with E-state index in [1.807, 2.05) is 11.8 Å². The van der Waals surface area contributed by atoms with Crippen LogP contribution in [-0.2, 0) is 0 Å². The van der Waals surface area contributed by atoms with Gasteiger partial charge in [-0.05, 0) is 31.1 Å². The van der Waals surface area contributed by atoms with Crippen molar-refractivity contribution in [3.8, 4) is 0 Å². The summed E-state index contributed by atoms with van der Waals surface area (Å²) in [7, 11) is 3.56. The number of carbonyl (C=O) groups is 1. The predicted molar refractivity (Wildman–Crippen MR) is 65.7 cm³/mol. The van der Waals surface area contributed by atoms with Crippen molar-refractivity contribution in [2.45, 2.75) is 31.7 Å². The van der Waals surface area contributed by atoms with Gasteiger partial charge in [-0.25, -0.2) is 4.79 Å². The van der Waals surface area contributed by atoms with Gasteiger partial charge in [0.1, 0.15) is 5.54 Å². The zero-order valence-electron chi connectivity index (χ0n) is 10.8. The van der Waals surface area contributed by atoms with Gasteiger partial charge in [0.05, 0.1) is 0 Å². The van der Waals surface area contributed by atoms with Crippen molar-refractivity contribution in [1.29, 1.82) is 0 Å². The van der Waals surface area contributed by atoms with Crippen molar-refractivity contribution < 1.29 is 4.79 Å². The Morgan fingerprint density at radius 1 is 1.35 bits per heavy atom. The molecule has 3 atom stereocenters. The van der Waals surface area contributed by atoms with Crippen LogP contribution < -0.4 is 0 Å². The molecular weight excluding hydrogens is 218 g/mol. The first kappa shape index (κ1) is 12.3. The van der Waals surface area contributed by atoms with Crippen LogP contribution in [0.5, 0.6) is 0 Å². The molecule has 0 aromatic rings. The number of hydrogen-bond acceptors (Lipinski definition) is 3. The number of amides is 2. The van der Waals surface area contributed by atoms with Crippen molar-refractivity contribution in [2.75, 3.05) is 27.2 Å². The molecule has 0 aromatic heterocycles. The van der Waals surface area contributed by atoms with E-state index in [0.29, 0.717) is 11.8 Å². The van der Waals surface area contributed by atoms with Gasteiger partial charge in [0.2, 0.25) is 0 Å². The fourth-order valence-corrected chi connectivity index (χ4v) is 3.33. The lowest BCUT2D eigenvalue weighted by molar-refractivity contribution is 0.176. The number of rotatable bonds is 2. The van der Waals surface area contributed by atoms with Gasteiger partial charge in [-0.15, -0.1) is 0 Å². The van der Waals surface area contributed by atoms with Crippen LogP contribution in [0.15, 0.2) is 5.18 Å². The molecule has 1 unspecified atom stereocenters. The molecular formula is C12H21N3O2. The van der Waals surface area contributed by atoms with Crippen molar-refractivity contribution >= 4 is 6.03 Å². The molecule has 17 heavy (non-hydrogen) atoms. The fraction of sp³-hybridized carbons (Fsp3) is 0.917. The number of hydrogen-bond donors (Lipinski definition) is 0. The van der Waals surface area contributed by atoms with Gasteiger partial charge >= 0.3 is 6.03 Å². The summed E-state index contributed by atoms with van der Waals surface area (Å²) in [5, 5.41) is 3.36. The van der Waals surface area contributed by atoms with E-state index in [4.69, 9.17) is 0 Å². The Morgan fingerprint density at radius 2 is 1.88 bits per heavy atom. The Bertz CT molecular complexity index is 316. The first-order valence-electron chi connectivity index (χ1n) is 6.32. The van der Waals surface area contributed by atoms with E-state index in [1.54, 1.807) is 19.0 Å². The molecule has 2 amide bonds. The van der Waals surface area contributed by atoms with Gasteiger partial charge < -0.3 is 9.80 Å². The minimum Gasteiger partial charge on any atom is -0.331 e.